The maximum Gasteiger partial charge on any atom is 0.0588 e. The number of hydrogen-bond donors (Lipinski definition) is 1. The van der Waals surface area contributed by atoms with Crippen molar-refractivity contribution in [3.8, 4) is 0 Å². The van der Waals surface area contributed by atoms with E-state index in [1.807, 2.05) is 0 Å². The molecule has 0 spiro atoms. The van der Waals surface area contributed by atoms with Crippen LogP contribution >= 0.6 is 0 Å². The summed E-state index contributed by atoms with van der Waals surface area (Å²) in [5, 5.41) is 0. The molecule has 0 heterocycles. The van der Waals surface area contributed by atoms with Crippen LogP contribution in [0.15, 0.2) is 0 Å². The van der Waals surface area contributed by atoms with Crippen LogP contribution in [0.5, 0.6) is 0 Å². The minimum Gasteiger partial charge on any atom is -0.380 e. The van der Waals surface area contributed by atoms with E-state index in [1.54, 1.807) is 0 Å². The Hall–Kier alpha value is -0.0800. The highest BCUT2D eigenvalue weighted by Crippen LogP contribution is 2.20. The molecule has 0 aliphatic carbocycles. The largest absolute Gasteiger partial charge is 0.380 e. The van der Waals surface area contributed by atoms with Gasteiger partial charge in [-0.05, 0) is 18.8 Å². The van der Waals surface area contributed by atoms with E-state index in [2.05, 4.69) is 13.8 Å². The highest BCUT2D eigenvalue weighted by atomic mass is 16.5. The Labute approximate surface area is 102 Å². The maximum absolute atomic E-state index is 5.41. The summed E-state index contributed by atoms with van der Waals surface area (Å²) in [5.41, 5.74) is 5.37. The van der Waals surface area contributed by atoms with Gasteiger partial charge in [-0.2, -0.15) is 0 Å². The highest BCUT2D eigenvalue weighted by molar-refractivity contribution is 4.59. The summed E-state index contributed by atoms with van der Waals surface area (Å²) in [6, 6.07) is 0. The van der Waals surface area contributed by atoms with E-state index < -0.39 is 0 Å². The molecule has 0 rings (SSSR count). The van der Waals surface area contributed by atoms with E-state index in [-0.39, 0.29) is 0 Å². The lowest BCUT2D eigenvalue weighted by Gasteiger charge is -2.15. The van der Waals surface area contributed by atoms with Crippen LogP contribution in [-0.2, 0) is 4.74 Å². The molecule has 0 radical (unpaired) electrons. The third-order valence-corrected chi connectivity index (χ3v) is 3.08. The number of unbranched alkanes of at least 4 members (excludes halogenated alkanes) is 2. The van der Waals surface area contributed by atoms with Crippen LogP contribution in [-0.4, -0.2) is 19.8 Å². The van der Waals surface area contributed by atoms with Gasteiger partial charge in [-0.1, -0.05) is 52.4 Å². The Morgan fingerprint density at radius 3 is 2.25 bits per heavy atom. The van der Waals surface area contributed by atoms with Crippen LogP contribution in [0.4, 0.5) is 0 Å². The lowest BCUT2D eigenvalue weighted by Crippen LogP contribution is -2.10. The summed E-state index contributed by atoms with van der Waals surface area (Å²) >= 11 is 0. The van der Waals surface area contributed by atoms with Gasteiger partial charge in [0.15, 0.2) is 0 Å². The number of ether oxygens (including phenoxy) is 1. The van der Waals surface area contributed by atoms with Crippen molar-refractivity contribution < 1.29 is 4.74 Å². The average Bonchev–Trinajstić information content (AvgIpc) is 2.29. The molecule has 0 aromatic rings. The molecule has 0 aromatic carbocycles. The number of hydrogen-bond acceptors (Lipinski definition) is 2. The summed E-state index contributed by atoms with van der Waals surface area (Å²) in [4.78, 5) is 0. The molecule has 0 saturated carbocycles. The van der Waals surface area contributed by atoms with Gasteiger partial charge in [0, 0.05) is 13.2 Å². The second-order valence-corrected chi connectivity index (χ2v) is 4.69. The zero-order valence-electron chi connectivity index (χ0n) is 11.3. The molecule has 2 heteroatoms. The van der Waals surface area contributed by atoms with Gasteiger partial charge in [0.25, 0.3) is 0 Å². The maximum atomic E-state index is 5.41. The van der Waals surface area contributed by atoms with Crippen LogP contribution in [0, 0.1) is 5.92 Å². The molecule has 98 valence electrons. The Morgan fingerprint density at radius 2 is 1.62 bits per heavy atom. The van der Waals surface area contributed by atoms with Gasteiger partial charge in [0.1, 0.15) is 0 Å². The van der Waals surface area contributed by atoms with Crippen molar-refractivity contribution in [1.29, 1.82) is 0 Å². The lowest BCUT2D eigenvalue weighted by atomic mass is 9.92. The minimum atomic E-state index is 0.648. The van der Waals surface area contributed by atoms with Gasteiger partial charge in [-0.3, -0.25) is 0 Å². The van der Waals surface area contributed by atoms with Crippen molar-refractivity contribution in [1.82, 2.24) is 0 Å². The molecule has 0 saturated heterocycles. The van der Waals surface area contributed by atoms with E-state index in [9.17, 15) is 0 Å². The Morgan fingerprint density at radius 1 is 0.875 bits per heavy atom. The molecule has 2 N–H and O–H groups in total. The third-order valence-electron chi connectivity index (χ3n) is 3.08. The van der Waals surface area contributed by atoms with Crippen LogP contribution in [0.25, 0.3) is 0 Å². The van der Waals surface area contributed by atoms with Crippen molar-refractivity contribution in [2.45, 2.75) is 65.2 Å². The molecule has 16 heavy (non-hydrogen) atoms. The van der Waals surface area contributed by atoms with Crippen LogP contribution in [0.1, 0.15) is 65.2 Å². The van der Waals surface area contributed by atoms with Crippen molar-refractivity contribution in [3.63, 3.8) is 0 Å². The van der Waals surface area contributed by atoms with E-state index in [4.69, 9.17) is 10.5 Å². The Balaban J connectivity index is 3.43. The van der Waals surface area contributed by atoms with Gasteiger partial charge >= 0.3 is 0 Å². The second-order valence-electron chi connectivity index (χ2n) is 4.69. The summed E-state index contributed by atoms with van der Waals surface area (Å²) in [7, 11) is 0. The van der Waals surface area contributed by atoms with Gasteiger partial charge < -0.3 is 10.5 Å². The molecule has 1 atom stereocenters. The highest BCUT2D eigenvalue weighted by Gasteiger charge is 2.06. The number of nitrogens with two attached hydrogens (primary N) is 1. The SMILES string of the molecule is CCCCCC(CCC)CCCOCCN. The molecule has 0 bridgehead atoms. The minimum absolute atomic E-state index is 0.648. The van der Waals surface area contributed by atoms with Crippen LogP contribution in [0.3, 0.4) is 0 Å². The van der Waals surface area contributed by atoms with E-state index >= 15 is 0 Å². The van der Waals surface area contributed by atoms with E-state index in [1.165, 1.54) is 51.4 Å². The van der Waals surface area contributed by atoms with E-state index in [0.29, 0.717) is 13.2 Å². The first-order valence-electron chi connectivity index (χ1n) is 7.12. The molecular weight excluding hydrogens is 198 g/mol. The topological polar surface area (TPSA) is 35.2 Å². The monoisotopic (exact) mass is 229 g/mol. The summed E-state index contributed by atoms with van der Waals surface area (Å²) in [5.74, 6) is 0.929. The van der Waals surface area contributed by atoms with Crippen molar-refractivity contribution in [3.05, 3.63) is 0 Å². The summed E-state index contributed by atoms with van der Waals surface area (Å²) < 4.78 is 5.41. The van der Waals surface area contributed by atoms with Gasteiger partial charge in [0.05, 0.1) is 6.61 Å². The standard InChI is InChI=1S/C14H31NO/c1-3-5-6-9-14(8-4-2)10-7-12-16-13-11-15/h14H,3-13,15H2,1-2H3. The van der Waals surface area contributed by atoms with Crippen LogP contribution in [0.2, 0.25) is 0 Å². The average molecular weight is 229 g/mol. The van der Waals surface area contributed by atoms with Gasteiger partial charge in [-0.15, -0.1) is 0 Å². The molecular formula is C14H31NO. The zero-order valence-corrected chi connectivity index (χ0v) is 11.3. The number of rotatable bonds is 12. The quantitative estimate of drug-likeness (QED) is 0.517. The summed E-state index contributed by atoms with van der Waals surface area (Å²) in [6.07, 6.45) is 10.8. The van der Waals surface area contributed by atoms with Crippen LogP contribution < -0.4 is 5.73 Å². The molecule has 0 aliphatic rings. The Kier molecular flexibility index (Phi) is 12.9. The fraction of sp³-hybridized carbons (Fsp3) is 1.00. The zero-order chi connectivity index (χ0) is 12.1. The molecule has 2 nitrogen and oxygen atoms in total. The first kappa shape index (κ1) is 15.9. The first-order chi connectivity index (χ1) is 7.85. The van der Waals surface area contributed by atoms with Crippen molar-refractivity contribution in [2.24, 2.45) is 11.7 Å². The van der Waals surface area contributed by atoms with E-state index in [0.717, 1.165) is 12.5 Å². The molecule has 0 aliphatic heterocycles. The van der Waals surface area contributed by atoms with Gasteiger partial charge in [0.2, 0.25) is 0 Å². The predicted molar refractivity (Wildman–Crippen MR) is 71.6 cm³/mol. The lowest BCUT2D eigenvalue weighted by molar-refractivity contribution is 0.132. The van der Waals surface area contributed by atoms with Gasteiger partial charge in [-0.25, -0.2) is 0 Å². The second kappa shape index (κ2) is 13.0. The fourth-order valence-electron chi connectivity index (χ4n) is 2.18. The predicted octanol–water partition coefficient (Wildman–Crippen LogP) is 3.74. The molecule has 0 amide bonds. The first-order valence-corrected chi connectivity index (χ1v) is 7.12. The molecule has 0 fully saturated rings. The fourth-order valence-corrected chi connectivity index (χ4v) is 2.18. The molecule has 0 aromatic heterocycles. The third kappa shape index (κ3) is 10.4. The van der Waals surface area contributed by atoms with Crippen molar-refractivity contribution >= 4 is 0 Å². The Bertz CT molecular complexity index is 128. The smallest absolute Gasteiger partial charge is 0.0588 e. The normalized spacial score (nSPS) is 12.9. The summed E-state index contributed by atoms with van der Waals surface area (Å²) in [6.45, 7) is 6.82. The van der Waals surface area contributed by atoms with Crippen molar-refractivity contribution in [2.75, 3.05) is 19.8 Å². The molecule has 1 unspecified atom stereocenters.